The first kappa shape index (κ1) is 51.9. The summed E-state index contributed by atoms with van der Waals surface area (Å²) in [5, 5.41) is 41.7. The summed E-state index contributed by atoms with van der Waals surface area (Å²) < 4.78 is 54.9. The fourth-order valence-electron chi connectivity index (χ4n) is 8.80. The van der Waals surface area contributed by atoms with E-state index in [0.29, 0.717) is 45.6 Å². The zero-order valence-corrected chi connectivity index (χ0v) is 38.6. The summed E-state index contributed by atoms with van der Waals surface area (Å²) >= 11 is 0. The van der Waals surface area contributed by atoms with Crippen molar-refractivity contribution < 1.29 is 72.3 Å². The van der Waals surface area contributed by atoms with Crippen LogP contribution in [-0.2, 0) is 57.0 Å². The monoisotopic (exact) mass is 886 g/mol. The number of esters is 3. The molecular formula is C44H75N3O15. The van der Waals surface area contributed by atoms with Crippen molar-refractivity contribution in [2.75, 3.05) is 47.5 Å². The average molecular weight is 886 g/mol. The molecule has 18 heteroatoms. The van der Waals surface area contributed by atoms with Gasteiger partial charge in [-0.1, -0.05) is 32.9 Å². The quantitative estimate of drug-likeness (QED) is 0.105. The molecule has 16 atom stereocenters. The number of hydrogen-bond acceptors (Lipinski definition) is 18. The number of likely N-dealkylation sites (N-methyl/N-ethyl adjacent to an activating group) is 1. The van der Waals surface area contributed by atoms with E-state index in [4.69, 9.17) is 47.7 Å². The van der Waals surface area contributed by atoms with Crippen LogP contribution in [0.1, 0.15) is 93.9 Å². The van der Waals surface area contributed by atoms with E-state index in [1.165, 1.54) is 14.0 Å². The van der Waals surface area contributed by atoms with Gasteiger partial charge in [-0.25, -0.2) is 0 Å². The van der Waals surface area contributed by atoms with Crippen molar-refractivity contribution in [3.63, 3.8) is 0 Å². The van der Waals surface area contributed by atoms with Crippen LogP contribution < -0.4 is 0 Å². The maximum Gasteiger partial charge on any atom is 0.309 e. The van der Waals surface area contributed by atoms with Gasteiger partial charge in [-0.3, -0.25) is 19.4 Å². The number of carbonyl (C=O) groups excluding carboxylic acids is 3. The van der Waals surface area contributed by atoms with Crippen LogP contribution in [0.3, 0.4) is 0 Å². The SMILES string of the molecule is CO[C@@H]1C(O[C@@H]2O[C@H](C)[C@@H](O[C@H]3C[C@@](C)(O)[C@@H](OC(=O)CC(C)C)[C@H](C)O3)[C@H](N(C)C)[C@H]2O)[C@@H](C/C=N/N2CCOCC2)C[C@@H](C)[C@@H](O)/C=C/C[C@@H](C)OC(=O)C[C@H]1OC(C)=O. The van der Waals surface area contributed by atoms with Gasteiger partial charge in [-0.05, 0) is 72.4 Å². The van der Waals surface area contributed by atoms with E-state index in [0.717, 1.165) is 0 Å². The number of carbonyl (C=O) groups is 3. The van der Waals surface area contributed by atoms with Gasteiger partial charge >= 0.3 is 17.9 Å². The molecule has 0 aromatic heterocycles. The largest absolute Gasteiger partial charge is 0.462 e. The van der Waals surface area contributed by atoms with Gasteiger partial charge in [0.1, 0.15) is 36.1 Å². The lowest BCUT2D eigenvalue weighted by molar-refractivity contribution is -0.344. The van der Waals surface area contributed by atoms with Crippen molar-refractivity contribution in [1.29, 1.82) is 0 Å². The molecule has 0 aromatic carbocycles. The third-order valence-electron chi connectivity index (χ3n) is 11.9. The molecule has 0 radical (unpaired) electrons. The van der Waals surface area contributed by atoms with Crippen LogP contribution in [-0.4, -0.2) is 182 Å². The van der Waals surface area contributed by atoms with E-state index in [1.54, 1.807) is 65.1 Å². The van der Waals surface area contributed by atoms with E-state index >= 15 is 0 Å². The van der Waals surface area contributed by atoms with E-state index in [1.807, 2.05) is 25.8 Å². The van der Waals surface area contributed by atoms with Crippen LogP contribution in [0.5, 0.6) is 0 Å². The lowest BCUT2D eigenvalue weighted by Gasteiger charge is -2.50. The predicted molar refractivity (Wildman–Crippen MR) is 226 cm³/mol. The Labute approximate surface area is 367 Å². The highest BCUT2D eigenvalue weighted by molar-refractivity contribution is 5.72. The molecule has 1 unspecified atom stereocenters. The Morgan fingerprint density at radius 1 is 1.03 bits per heavy atom. The van der Waals surface area contributed by atoms with Crippen molar-refractivity contribution >= 4 is 24.1 Å². The molecule has 0 bridgehead atoms. The molecular weight excluding hydrogens is 810 g/mol. The summed E-state index contributed by atoms with van der Waals surface area (Å²) in [5.41, 5.74) is -1.49. The number of hydrazone groups is 1. The molecule has 0 aliphatic carbocycles. The second kappa shape index (κ2) is 23.9. The summed E-state index contributed by atoms with van der Waals surface area (Å²) in [4.78, 5) is 40.4. The van der Waals surface area contributed by atoms with Crippen LogP contribution in [0.4, 0.5) is 0 Å². The topological polar surface area (TPSA) is 214 Å². The minimum absolute atomic E-state index is 0.0282. The third-order valence-corrected chi connectivity index (χ3v) is 11.9. The fraction of sp³-hybridized carbons (Fsp3) is 0.864. The average Bonchev–Trinajstić information content (AvgIpc) is 3.16. The molecule has 4 heterocycles. The van der Waals surface area contributed by atoms with Gasteiger partial charge in [0.2, 0.25) is 0 Å². The van der Waals surface area contributed by atoms with Crippen molar-refractivity contribution in [3.05, 3.63) is 12.2 Å². The maximum atomic E-state index is 13.4. The Morgan fingerprint density at radius 2 is 1.73 bits per heavy atom. The molecule has 4 rings (SSSR count). The van der Waals surface area contributed by atoms with Crippen molar-refractivity contribution in [2.24, 2.45) is 22.9 Å². The van der Waals surface area contributed by atoms with Gasteiger partial charge < -0.3 is 62.9 Å². The van der Waals surface area contributed by atoms with Crippen LogP contribution >= 0.6 is 0 Å². The van der Waals surface area contributed by atoms with Crippen LogP contribution in [0.15, 0.2) is 17.3 Å². The molecule has 18 nitrogen and oxygen atoms in total. The summed E-state index contributed by atoms with van der Waals surface area (Å²) in [7, 11) is 5.00. The van der Waals surface area contributed by atoms with Gasteiger partial charge in [0.05, 0.1) is 63.2 Å². The minimum atomic E-state index is -1.49. The van der Waals surface area contributed by atoms with E-state index in [9.17, 15) is 29.7 Å². The normalized spacial score (nSPS) is 39.9. The Balaban J connectivity index is 1.68. The highest BCUT2D eigenvalue weighted by Crippen LogP contribution is 2.38. The molecule has 0 amide bonds. The molecule has 4 aliphatic heterocycles. The van der Waals surface area contributed by atoms with Gasteiger partial charge in [-0.15, -0.1) is 0 Å². The molecule has 3 fully saturated rings. The Kier molecular flexibility index (Phi) is 20.0. The van der Waals surface area contributed by atoms with Crippen LogP contribution in [0.25, 0.3) is 0 Å². The van der Waals surface area contributed by atoms with E-state index in [2.05, 4.69) is 0 Å². The number of aliphatic hydroxyl groups excluding tert-OH is 2. The molecule has 4 aliphatic rings. The number of ether oxygens (including phenoxy) is 9. The summed E-state index contributed by atoms with van der Waals surface area (Å²) in [5.74, 6) is -2.44. The number of nitrogens with zero attached hydrogens (tertiary/aromatic N) is 3. The summed E-state index contributed by atoms with van der Waals surface area (Å²) in [6, 6.07) is -0.748. The fourth-order valence-corrected chi connectivity index (χ4v) is 8.80. The van der Waals surface area contributed by atoms with Gasteiger partial charge in [-0.2, -0.15) is 5.10 Å². The first-order valence-corrected chi connectivity index (χ1v) is 22.2. The lowest BCUT2D eigenvalue weighted by atomic mass is 9.82. The Hall–Kier alpha value is -2.78. The zero-order chi connectivity index (χ0) is 45.9. The standard InChI is InChI=1S/C44H75N3O15/c1-25(2)21-34(50)60-42-29(6)57-36(24-44(42,8)53)61-39-28(5)58-43(38(52)37(39)46(9)10)62-40-31(15-16-45-47-17-19-55-20-18-47)22-26(3)32(49)14-12-13-27(4)56-35(51)23-33(41(40)54-11)59-30(7)48/h12,14,16,25-29,31-33,36-43,49,52-53H,13,15,17-24H2,1-11H3/b14-12+,45-16+/t26-,27-,28-,29+,31+,32+,33-,36+,37-,38-,39-,40?,41+,42+,43+,44-/m1/s1. The highest BCUT2D eigenvalue weighted by atomic mass is 16.7. The predicted octanol–water partition coefficient (Wildman–Crippen LogP) is 2.58. The first-order chi connectivity index (χ1) is 29.2. The van der Waals surface area contributed by atoms with Crippen LogP contribution in [0, 0.1) is 17.8 Å². The number of morpholine rings is 1. The molecule has 0 saturated carbocycles. The highest BCUT2D eigenvalue weighted by Gasteiger charge is 2.53. The Morgan fingerprint density at radius 3 is 2.34 bits per heavy atom. The molecule has 0 aromatic rings. The van der Waals surface area contributed by atoms with E-state index in [-0.39, 0.29) is 31.1 Å². The number of hydrogen-bond donors (Lipinski definition) is 3. The number of cyclic esters (lactones) is 1. The number of aliphatic hydroxyl groups is 3. The van der Waals surface area contributed by atoms with E-state index < -0.39 is 109 Å². The lowest BCUT2D eigenvalue weighted by Crippen LogP contribution is -2.66. The van der Waals surface area contributed by atoms with Gasteiger partial charge in [0.25, 0.3) is 0 Å². The smallest absolute Gasteiger partial charge is 0.309 e. The molecule has 356 valence electrons. The zero-order valence-electron chi connectivity index (χ0n) is 38.6. The van der Waals surface area contributed by atoms with Crippen molar-refractivity contribution in [1.82, 2.24) is 9.91 Å². The Bertz CT molecular complexity index is 1470. The number of rotatable bonds is 13. The van der Waals surface area contributed by atoms with Gasteiger partial charge in [0.15, 0.2) is 18.7 Å². The summed E-state index contributed by atoms with van der Waals surface area (Å²) in [6.45, 7) is 16.1. The maximum absolute atomic E-state index is 13.4. The van der Waals surface area contributed by atoms with Crippen molar-refractivity contribution in [3.8, 4) is 0 Å². The van der Waals surface area contributed by atoms with Crippen molar-refractivity contribution in [2.45, 2.75) is 179 Å². The second-order valence-electron chi connectivity index (χ2n) is 18.3. The number of methoxy groups -OCH3 is 1. The second-order valence-corrected chi connectivity index (χ2v) is 18.3. The molecule has 62 heavy (non-hydrogen) atoms. The van der Waals surface area contributed by atoms with Crippen LogP contribution in [0.2, 0.25) is 0 Å². The van der Waals surface area contributed by atoms with Gasteiger partial charge in [0, 0.05) is 39.5 Å². The molecule has 3 saturated heterocycles. The molecule has 3 N–H and O–H groups in total. The first-order valence-electron chi connectivity index (χ1n) is 22.2. The summed E-state index contributed by atoms with van der Waals surface area (Å²) in [6.07, 6.45) is -5.35. The molecule has 0 spiro atoms. The third kappa shape index (κ3) is 14.9. The minimum Gasteiger partial charge on any atom is -0.462 e.